The smallest absolute Gasteiger partial charge is 0.0402 e. The third kappa shape index (κ3) is 3.36. The fourth-order valence-electron chi connectivity index (χ4n) is 3.78. The van der Waals surface area contributed by atoms with Crippen molar-refractivity contribution in [1.82, 2.24) is 0 Å². The van der Waals surface area contributed by atoms with Crippen LogP contribution in [0, 0.1) is 0 Å². The lowest BCUT2D eigenvalue weighted by Crippen LogP contribution is -2.31. The largest absolute Gasteiger partial charge is 0.372 e. The van der Waals surface area contributed by atoms with E-state index in [9.17, 15) is 0 Å². The Morgan fingerprint density at radius 1 is 0.762 bits per heavy atom. The maximum Gasteiger partial charge on any atom is 0.0402 e. The van der Waals surface area contributed by atoms with E-state index in [1.165, 1.54) is 76.1 Å². The van der Waals surface area contributed by atoms with Crippen molar-refractivity contribution >= 4 is 11.4 Å². The van der Waals surface area contributed by atoms with Gasteiger partial charge in [0.1, 0.15) is 0 Å². The van der Waals surface area contributed by atoms with Crippen LogP contribution >= 0.6 is 0 Å². The molecule has 1 aromatic carbocycles. The maximum absolute atomic E-state index is 2.61. The molecule has 3 rings (SSSR count). The van der Waals surface area contributed by atoms with Gasteiger partial charge in [0.05, 0.1) is 0 Å². The molecule has 2 aliphatic rings. The van der Waals surface area contributed by atoms with Crippen LogP contribution in [0.25, 0.3) is 0 Å². The van der Waals surface area contributed by atoms with Crippen molar-refractivity contribution in [2.45, 2.75) is 58.3 Å². The summed E-state index contributed by atoms with van der Waals surface area (Å²) < 4.78 is 0. The first-order chi connectivity index (χ1) is 10.3. The van der Waals surface area contributed by atoms with Crippen molar-refractivity contribution in [2.24, 2.45) is 0 Å². The van der Waals surface area contributed by atoms with Gasteiger partial charge in [-0.2, -0.15) is 0 Å². The van der Waals surface area contributed by atoms with Gasteiger partial charge in [0.2, 0.25) is 0 Å². The molecule has 0 radical (unpaired) electrons. The van der Waals surface area contributed by atoms with Gasteiger partial charge in [0.15, 0.2) is 0 Å². The van der Waals surface area contributed by atoms with Crippen LogP contribution in [0.2, 0.25) is 0 Å². The van der Waals surface area contributed by atoms with Gasteiger partial charge in [-0.25, -0.2) is 0 Å². The summed E-state index contributed by atoms with van der Waals surface area (Å²) in [7, 11) is 0. The van der Waals surface area contributed by atoms with E-state index in [0.717, 1.165) is 0 Å². The quantitative estimate of drug-likeness (QED) is 0.788. The molecule has 0 unspecified atom stereocenters. The maximum atomic E-state index is 2.61. The first-order valence-corrected chi connectivity index (χ1v) is 8.89. The summed E-state index contributed by atoms with van der Waals surface area (Å²) in [5.74, 6) is 0.603. The summed E-state index contributed by atoms with van der Waals surface area (Å²) in [6.45, 7) is 9.62. The molecular weight excluding hydrogens is 256 g/mol. The molecule has 21 heavy (non-hydrogen) atoms. The highest BCUT2D eigenvalue weighted by Crippen LogP contribution is 2.34. The van der Waals surface area contributed by atoms with Gasteiger partial charge in [-0.1, -0.05) is 13.8 Å². The number of hydrogen-bond donors (Lipinski definition) is 0. The standard InChI is InChI=1S/C19H30N2/c1-16(2)18-15-17(20-11-5-3-6-12-20)9-10-19(18)21-13-7-4-8-14-21/h9-10,15-16H,3-8,11-14H2,1-2H3. The molecule has 0 spiro atoms. The van der Waals surface area contributed by atoms with Crippen molar-refractivity contribution < 1.29 is 0 Å². The fraction of sp³-hybridized carbons (Fsp3) is 0.684. The predicted octanol–water partition coefficient (Wildman–Crippen LogP) is 4.79. The van der Waals surface area contributed by atoms with Gasteiger partial charge >= 0.3 is 0 Å². The molecule has 0 aromatic heterocycles. The second kappa shape index (κ2) is 6.72. The molecule has 0 saturated carbocycles. The lowest BCUT2D eigenvalue weighted by Gasteiger charge is -2.34. The zero-order valence-electron chi connectivity index (χ0n) is 13.8. The van der Waals surface area contributed by atoms with Crippen LogP contribution in [-0.2, 0) is 0 Å². The zero-order valence-corrected chi connectivity index (χ0v) is 13.8. The van der Waals surface area contributed by atoms with E-state index < -0.39 is 0 Å². The summed E-state index contributed by atoms with van der Waals surface area (Å²) in [5, 5.41) is 0. The molecular formula is C19H30N2. The van der Waals surface area contributed by atoms with E-state index in [1.807, 2.05) is 0 Å². The molecule has 2 heterocycles. The number of anilines is 2. The van der Waals surface area contributed by atoms with Crippen molar-refractivity contribution in [1.29, 1.82) is 0 Å². The lowest BCUT2D eigenvalue weighted by molar-refractivity contribution is 0.572. The molecule has 2 fully saturated rings. The number of nitrogens with zero attached hydrogens (tertiary/aromatic N) is 2. The number of rotatable bonds is 3. The topological polar surface area (TPSA) is 6.48 Å². The molecule has 2 saturated heterocycles. The Balaban J connectivity index is 1.86. The molecule has 0 atom stereocenters. The predicted molar refractivity (Wildman–Crippen MR) is 92.7 cm³/mol. The molecule has 0 bridgehead atoms. The SMILES string of the molecule is CC(C)c1cc(N2CCCCC2)ccc1N1CCCCC1. The van der Waals surface area contributed by atoms with Gasteiger partial charge in [-0.05, 0) is 68.2 Å². The Morgan fingerprint density at radius 3 is 1.90 bits per heavy atom. The van der Waals surface area contributed by atoms with E-state index in [0.29, 0.717) is 5.92 Å². The van der Waals surface area contributed by atoms with E-state index in [-0.39, 0.29) is 0 Å². The molecule has 116 valence electrons. The minimum Gasteiger partial charge on any atom is -0.372 e. The monoisotopic (exact) mass is 286 g/mol. The number of benzene rings is 1. The van der Waals surface area contributed by atoms with Gasteiger partial charge in [0, 0.05) is 37.6 Å². The third-order valence-electron chi connectivity index (χ3n) is 5.05. The highest BCUT2D eigenvalue weighted by atomic mass is 15.1. The van der Waals surface area contributed by atoms with Crippen LogP contribution in [0.1, 0.15) is 63.9 Å². The van der Waals surface area contributed by atoms with E-state index >= 15 is 0 Å². The molecule has 0 aliphatic carbocycles. The Morgan fingerprint density at radius 2 is 1.33 bits per heavy atom. The first-order valence-electron chi connectivity index (χ1n) is 8.89. The Hall–Kier alpha value is -1.18. The summed E-state index contributed by atoms with van der Waals surface area (Å²) in [4.78, 5) is 5.19. The summed E-state index contributed by atoms with van der Waals surface area (Å²) in [6.07, 6.45) is 8.21. The number of piperidine rings is 2. The second-order valence-electron chi connectivity index (χ2n) is 6.99. The van der Waals surface area contributed by atoms with Crippen LogP contribution in [0.4, 0.5) is 11.4 Å². The minimum absolute atomic E-state index is 0.603. The van der Waals surface area contributed by atoms with Crippen LogP contribution in [0.5, 0.6) is 0 Å². The molecule has 0 N–H and O–H groups in total. The third-order valence-corrected chi connectivity index (χ3v) is 5.05. The zero-order chi connectivity index (χ0) is 14.7. The van der Waals surface area contributed by atoms with Crippen LogP contribution < -0.4 is 9.80 Å². The minimum atomic E-state index is 0.603. The van der Waals surface area contributed by atoms with Crippen molar-refractivity contribution in [2.75, 3.05) is 36.0 Å². The first kappa shape index (κ1) is 14.7. The number of hydrogen-bond acceptors (Lipinski definition) is 2. The van der Waals surface area contributed by atoms with Crippen molar-refractivity contribution in [3.8, 4) is 0 Å². The van der Waals surface area contributed by atoms with Gasteiger partial charge < -0.3 is 9.80 Å². The molecule has 1 aromatic rings. The Bertz CT molecular complexity index is 455. The molecule has 2 heteroatoms. The lowest BCUT2D eigenvalue weighted by atomic mass is 9.97. The second-order valence-corrected chi connectivity index (χ2v) is 6.99. The average Bonchev–Trinajstić information content (AvgIpc) is 2.56. The Kier molecular flexibility index (Phi) is 4.72. The van der Waals surface area contributed by atoms with Crippen LogP contribution in [-0.4, -0.2) is 26.2 Å². The molecule has 0 amide bonds. The molecule has 2 aliphatic heterocycles. The normalized spacial score (nSPS) is 20.1. The van der Waals surface area contributed by atoms with E-state index in [4.69, 9.17) is 0 Å². The van der Waals surface area contributed by atoms with Gasteiger partial charge in [0.25, 0.3) is 0 Å². The van der Waals surface area contributed by atoms with Crippen LogP contribution in [0.3, 0.4) is 0 Å². The molecule has 2 nitrogen and oxygen atoms in total. The summed E-state index contributed by atoms with van der Waals surface area (Å²) >= 11 is 0. The van der Waals surface area contributed by atoms with E-state index in [2.05, 4.69) is 41.8 Å². The Labute approximate surface area is 130 Å². The summed E-state index contributed by atoms with van der Waals surface area (Å²) in [6, 6.07) is 7.23. The highest BCUT2D eigenvalue weighted by molar-refractivity contribution is 5.63. The van der Waals surface area contributed by atoms with Gasteiger partial charge in [-0.3, -0.25) is 0 Å². The fourth-order valence-corrected chi connectivity index (χ4v) is 3.78. The highest BCUT2D eigenvalue weighted by Gasteiger charge is 2.18. The average molecular weight is 286 g/mol. The van der Waals surface area contributed by atoms with Gasteiger partial charge in [-0.15, -0.1) is 0 Å². The van der Waals surface area contributed by atoms with E-state index in [1.54, 1.807) is 5.56 Å². The summed E-state index contributed by atoms with van der Waals surface area (Å²) in [5.41, 5.74) is 4.48. The van der Waals surface area contributed by atoms with Crippen LogP contribution in [0.15, 0.2) is 18.2 Å². The van der Waals surface area contributed by atoms with Crippen molar-refractivity contribution in [3.63, 3.8) is 0 Å². The van der Waals surface area contributed by atoms with Crippen molar-refractivity contribution in [3.05, 3.63) is 23.8 Å².